The van der Waals surface area contributed by atoms with Gasteiger partial charge in [-0.25, -0.2) is 8.42 Å². The quantitative estimate of drug-likeness (QED) is 0.431. The van der Waals surface area contributed by atoms with Gasteiger partial charge in [0.2, 0.25) is 5.91 Å². The van der Waals surface area contributed by atoms with Gasteiger partial charge in [0, 0.05) is 57.3 Å². The lowest BCUT2D eigenvalue weighted by molar-refractivity contribution is -0.134. The number of fused-ring (bicyclic) bond motifs is 1. The molecule has 0 radical (unpaired) electrons. The highest BCUT2D eigenvalue weighted by Crippen LogP contribution is 2.28. The predicted molar refractivity (Wildman–Crippen MR) is 162 cm³/mol. The summed E-state index contributed by atoms with van der Waals surface area (Å²) >= 11 is 0. The number of sulfonamides is 1. The molecule has 1 N–H and O–H groups in total. The van der Waals surface area contributed by atoms with Crippen molar-refractivity contribution in [1.82, 2.24) is 14.8 Å². The number of hydrogen-bond acceptors (Lipinski definition) is 8. The number of amides is 2. The second kappa shape index (κ2) is 13.9. The number of rotatable bonds is 7. The molecule has 0 spiro atoms. The zero-order chi connectivity index (χ0) is 31.1. The molecule has 12 heteroatoms. The molecule has 3 atom stereocenters. The third kappa shape index (κ3) is 7.82. The number of hydrogen-bond donors (Lipinski definition) is 1. The van der Waals surface area contributed by atoms with E-state index in [0.717, 1.165) is 5.56 Å². The van der Waals surface area contributed by atoms with Crippen molar-refractivity contribution in [1.29, 1.82) is 0 Å². The molecular formula is C31H38N4O7S. The van der Waals surface area contributed by atoms with Crippen LogP contribution < -0.4 is 14.2 Å². The van der Waals surface area contributed by atoms with Crippen molar-refractivity contribution in [3.63, 3.8) is 0 Å². The number of nitrogens with zero attached hydrogens (tertiary/aromatic N) is 3. The number of pyridine rings is 1. The summed E-state index contributed by atoms with van der Waals surface area (Å²) in [5, 5.41) is 0. The fraction of sp³-hybridized carbons (Fsp3) is 0.387. The Morgan fingerprint density at radius 2 is 1.88 bits per heavy atom. The maximum Gasteiger partial charge on any atom is 0.262 e. The molecule has 11 nitrogen and oxygen atoms in total. The summed E-state index contributed by atoms with van der Waals surface area (Å²) in [5.41, 5.74) is 1.18. The molecule has 4 rings (SSSR count). The predicted octanol–water partition coefficient (Wildman–Crippen LogP) is 3.47. The molecule has 2 aromatic carbocycles. The van der Waals surface area contributed by atoms with Crippen molar-refractivity contribution in [3.05, 3.63) is 78.1 Å². The Labute approximate surface area is 252 Å². The van der Waals surface area contributed by atoms with E-state index in [1.807, 2.05) is 19.9 Å². The summed E-state index contributed by atoms with van der Waals surface area (Å²) in [7, 11) is 0.709. The van der Waals surface area contributed by atoms with E-state index >= 15 is 0 Å². The van der Waals surface area contributed by atoms with Crippen LogP contribution >= 0.6 is 0 Å². The number of likely N-dealkylation sites (N-methyl/N-ethyl adjacent to an activating group) is 1. The Hall–Kier alpha value is -4.16. The second-order valence-electron chi connectivity index (χ2n) is 10.7. The number of anilines is 1. The SMILES string of the molecule is COc1cccc(S(=O)(=O)Nc2ccc3c(c2)C(=O)N(C)C[C@H](OC)[C@H](C)CN(C(=O)Cc2cccnc2)[C@H](C)CO3)c1. The van der Waals surface area contributed by atoms with Crippen LogP contribution in [0.3, 0.4) is 0 Å². The fourth-order valence-corrected chi connectivity index (χ4v) is 6.03. The van der Waals surface area contributed by atoms with E-state index < -0.39 is 10.0 Å². The minimum absolute atomic E-state index is 0.0149. The molecule has 3 aromatic rings. The molecule has 2 heterocycles. The molecule has 0 fully saturated rings. The van der Waals surface area contributed by atoms with Crippen LogP contribution in [0.5, 0.6) is 11.5 Å². The van der Waals surface area contributed by atoms with Crippen molar-refractivity contribution >= 4 is 27.5 Å². The smallest absolute Gasteiger partial charge is 0.262 e. The molecule has 1 aromatic heterocycles. The Balaban J connectivity index is 1.65. The first kappa shape index (κ1) is 31.8. The van der Waals surface area contributed by atoms with Crippen molar-refractivity contribution in [2.45, 2.75) is 37.3 Å². The van der Waals surface area contributed by atoms with Crippen molar-refractivity contribution in [2.75, 3.05) is 45.7 Å². The molecule has 0 saturated heterocycles. The van der Waals surface area contributed by atoms with Crippen molar-refractivity contribution in [3.8, 4) is 11.5 Å². The van der Waals surface area contributed by atoms with Crippen LogP contribution in [0, 0.1) is 5.92 Å². The van der Waals surface area contributed by atoms with Gasteiger partial charge in [-0.1, -0.05) is 19.1 Å². The first-order valence-electron chi connectivity index (χ1n) is 13.9. The number of nitrogens with one attached hydrogen (secondary N) is 1. The van der Waals surface area contributed by atoms with Gasteiger partial charge in [-0.05, 0) is 48.9 Å². The van der Waals surface area contributed by atoms with E-state index in [1.165, 1.54) is 36.3 Å². The minimum atomic E-state index is -3.98. The Bertz CT molecular complexity index is 1530. The lowest BCUT2D eigenvalue weighted by Gasteiger charge is -2.36. The number of carbonyl (C=O) groups is 2. The average Bonchev–Trinajstić information content (AvgIpc) is 3.00. The molecule has 2 amide bonds. The number of carbonyl (C=O) groups excluding carboxylic acids is 2. The third-order valence-electron chi connectivity index (χ3n) is 7.45. The monoisotopic (exact) mass is 610 g/mol. The zero-order valence-corrected chi connectivity index (χ0v) is 25.8. The largest absolute Gasteiger partial charge is 0.497 e. The van der Waals surface area contributed by atoms with E-state index in [-0.39, 0.29) is 71.3 Å². The van der Waals surface area contributed by atoms with Crippen LogP contribution in [-0.4, -0.2) is 88.1 Å². The van der Waals surface area contributed by atoms with Crippen molar-refractivity contribution in [2.24, 2.45) is 5.92 Å². The van der Waals surface area contributed by atoms with Gasteiger partial charge in [0.1, 0.15) is 18.1 Å². The highest BCUT2D eigenvalue weighted by atomic mass is 32.2. The van der Waals surface area contributed by atoms with Crippen LogP contribution in [-0.2, 0) is 26.0 Å². The average molecular weight is 611 g/mol. The summed E-state index contributed by atoms with van der Waals surface area (Å²) < 4.78 is 45.9. The van der Waals surface area contributed by atoms with Gasteiger partial charge in [0.15, 0.2) is 0 Å². The first-order chi connectivity index (χ1) is 20.5. The summed E-state index contributed by atoms with van der Waals surface area (Å²) in [4.78, 5) is 34.6. The molecule has 1 aliphatic heterocycles. The van der Waals surface area contributed by atoms with Gasteiger partial charge >= 0.3 is 0 Å². The number of methoxy groups -OCH3 is 2. The lowest BCUT2D eigenvalue weighted by Crippen LogP contribution is -2.49. The van der Waals surface area contributed by atoms with Crippen LogP contribution in [0.25, 0.3) is 0 Å². The van der Waals surface area contributed by atoms with Crippen LogP contribution in [0.2, 0.25) is 0 Å². The minimum Gasteiger partial charge on any atom is -0.497 e. The van der Waals surface area contributed by atoms with E-state index in [1.54, 1.807) is 55.7 Å². The van der Waals surface area contributed by atoms with Gasteiger partial charge in [-0.3, -0.25) is 19.3 Å². The van der Waals surface area contributed by atoms with Gasteiger partial charge in [-0.2, -0.15) is 0 Å². The summed E-state index contributed by atoms with van der Waals surface area (Å²) in [6.07, 6.45) is 3.16. The first-order valence-corrected chi connectivity index (χ1v) is 15.4. The summed E-state index contributed by atoms with van der Waals surface area (Å²) in [6.45, 7) is 4.64. The van der Waals surface area contributed by atoms with Gasteiger partial charge < -0.3 is 24.0 Å². The molecule has 0 unspecified atom stereocenters. The van der Waals surface area contributed by atoms with Crippen LogP contribution in [0.15, 0.2) is 71.9 Å². The zero-order valence-electron chi connectivity index (χ0n) is 25.0. The van der Waals surface area contributed by atoms with E-state index in [4.69, 9.17) is 14.2 Å². The Morgan fingerprint density at radius 1 is 1.09 bits per heavy atom. The highest BCUT2D eigenvalue weighted by Gasteiger charge is 2.30. The maximum atomic E-state index is 13.7. The van der Waals surface area contributed by atoms with Gasteiger partial charge in [0.05, 0.1) is 36.1 Å². The van der Waals surface area contributed by atoms with Crippen LogP contribution in [0.1, 0.15) is 29.8 Å². The summed E-state index contributed by atoms with van der Waals surface area (Å²) in [5.74, 6) is 0.129. The standard InChI is InChI=1S/C31H38N4O7S/c1-21-18-35(30(36)14-23-8-7-13-32-17-23)22(2)20-42-28-12-11-24(15-27(28)31(37)34(3)19-29(21)41-5)33-43(38,39)26-10-6-9-25(16-26)40-4/h6-13,15-17,21-22,29,33H,14,18-20H2,1-5H3/t21-,22-,29+/m1/s1. The third-order valence-corrected chi connectivity index (χ3v) is 8.83. The Morgan fingerprint density at radius 3 is 2.58 bits per heavy atom. The molecular weight excluding hydrogens is 572 g/mol. The molecule has 230 valence electrons. The topological polar surface area (TPSA) is 127 Å². The number of ether oxygens (including phenoxy) is 3. The van der Waals surface area contributed by atoms with E-state index in [2.05, 4.69) is 9.71 Å². The molecule has 0 aliphatic carbocycles. The van der Waals surface area contributed by atoms with Gasteiger partial charge in [0.25, 0.3) is 15.9 Å². The molecule has 1 aliphatic rings. The second-order valence-corrected chi connectivity index (χ2v) is 12.4. The molecule has 0 bridgehead atoms. The normalized spacial score (nSPS) is 19.8. The maximum absolute atomic E-state index is 13.7. The summed E-state index contributed by atoms with van der Waals surface area (Å²) in [6, 6.07) is 14.0. The van der Waals surface area contributed by atoms with Gasteiger partial charge in [-0.15, -0.1) is 0 Å². The van der Waals surface area contributed by atoms with Crippen molar-refractivity contribution < 1.29 is 32.2 Å². The molecule has 43 heavy (non-hydrogen) atoms. The molecule has 0 saturated carbocycles. The lowest BCUT2D eigenvalue weighted by atomic mass is 10.0. The van der Waals surface area contributed by atoms with E-state index in [0.29, 0.717) is 12.3 Å². The number of benzene rings is 2. The number of aromatic nitrogens is 1. The fourth-order valence-electron chi connectivity index (χ4n) is 4.95. The van der Waals surface area contributed by atoms with Crippen LogP contribution in [0.4, 0.5) is 5.69 Å². The highest BCUT2D eigenvalue weighted by molar-refractivity contribution is 7.92. The Kier molecular flexibility index (Phi) is 10.3. The van der Waals surface area contributed by atoms with E-state index in [9.17, 15) is 18.0 Å².